The van der Waals surface area contributed by atoms with Gasteiger partial charge in [0.2, 0.25) is 5.91 Å². The number of carbonyl (C=O) groups excluding carboxylic acids is 2. The van der Waals surface area contributed by atoms with Gasteiger partial charge in [-0.15, -0.1) is 0 Å². The van der Waals surface area contributed by atoms with Gasteiger partial charge < -0.3 is 14.9 Å². The lowest BCUT2D eigenvalue weighted by Gasteiger charge is -2.21. The van der Waals surface area contributed by atoms with E-state index in [1.165, 1.54) is 18.0 Å². The third-order valence-electron chi connectivity index (χ3n) is 3.37. The van der Waals surface area contributed by atoms with Crippen molar-refractivity contribution in [3.8, 4) is 5.75 Å². The van der Waals surface area contributed by atoms with Gasteiger partial charge in [0, 0.05) is 26.2 Å². The zero-order chi connectivity index (χ0) is 14.7. The van der Waals surface area contributed by atoms with Gasteiger partial charge in [-0.3, -0.25) is 9.59 Å². The molecule has 0 bridgehead atoms. The van der Waals surface area contributed by atoms with E-state index in [0.717, 1.165) is 38.1 Å². The number of rotatable bonds is 3. The van der Waals surface area contributed by atoms with Crippen LogP contribution in [0.3, 0.4) is 0 Å². The number of hydrogen-bond acceptors (Lipinski definition) is 3. The molecular weight excluding hydrogens is 263 g/mol. The number of likely N-dealkylation sites (N-methyl/N-ethyl adjacent to an activating group) is 1. The Bertz CT molecular complexity index is 527. The molecule has 0 aliphatic carbocycles. The van der Waals surface area contributed by atoms with E-state index in [1.807, 2.05) is 0 Å². The van der Waals surface area contributed by atoms with Crippen LogP contribution in [0.4, 0.5) is 4.39 Å². The summed E-state index contributed by atoms with van der Waals surface area (Å²) in [7, 11) is 1.49. The highest BCUT2D eigenvalue weighted by atomic mass is 19.1. The lowest BCUT2D eigenvalue weighted by Crippen LogP contribution is -2.39. The average Bonchev–Trinajstić information content (AvgIpc) is 2.91. The van der Waals surface area contributed by atoms with Gasteiger partial charge >= 0.3 is 0 Å². The maximum atomic E-state index is 12.9. The van der Waals surface area contributed by atoms with Crippen LogP contribution in [0.2, 0.25) is 0 Å². The van der Waals surface area contributed by atoms with Crippen LogP contribution in [-0.4, -0.2) is 53.4 Å². The SMILES string of the molecule is CN(CC(=O)N1CCCC1)C(=O)c1ccc(F)cc1O. The minimum atomic E-state index is -0.616. The minimum absolute atomic E-state index is 0.0110. The van der Waals surface area contributed by atoms with Crippen LogP contribution in [0, 0.1) is 5.82 Å². The molecule has 0 unspecified atom stereocenters. The molecule has 0 atom stereocenters. The number of phenols is 1. The van der Waals surface area contributed by atoms with Gasteiger partial charge in [-0.2, -0.15) is 0 Å². The third-order valence-corrected chi connectivity index (χ3v) is 3.37. The molecule has 1 heterocycles. The Balaban J connectivity index is 2.02. The first kappa shape index (κ1) is 14.3. The van der Waals surface area contributed by atoms with E-state index in [0.29, 0.717) is 0 Å². The van der Waals surface area contributed by atoms with Crippen LogP contribution in [0.15, 0.2) is 18.2 Å². The molecule has 1 aromatic carbocycles. The Labute approximate surface area is 116 Å². The summed E-state index contributed by atoms with van der Waals surface area (Å²) >= 11 is 0. The maximum absolute atomic E-state index is 12.9. The van der Waals surface area contributed by atoms with E-state index >= 15 is 0 Å². The van der Waals surface area contributed by atoms with E-state index in [-0.39, 0.29) is 18.0 Å². The van der Waals surface area contributed by atoms with E-state index in [9.17, 15) is 19.1 Å². The second-order valence-corrected chi connectivity index (χ2v) is 4.91. The molecule has 0 saturated carbocycles. The normalized spacial score (nSPS) is 14.4. The van der Waals surface area contributed by atoms with Crippen molar-refractivity contribution in [2.45, 2.75) is 12.8 Å². The Hall–Kier alpha value is -2.11. The number of nitrogens with zero attached hydrogens (tertiary/aromatic N) is 2. The molecule has 1 aliphatic heterocycles. The molecule has 2 amide bonds. The Morgan fingerprint density at radius 1 is 1.35 bits per heavy atom. The van der Waals surface area contributed by atoms with Crippen LogP contribution >= 0.6 is 0 Å². The summed E-state index contributed by atoms with van der Waals surface area (Å²) in [5.74, 6) is -1.65. The fourth-order valence-corrected chi connectivity index (χ4v) is 2.23. The molecule has 1 aliphatic rings. The first-order chi connectivity index (χ1) is 9.49. The quantitative estimate of drug-likeness (QED) is 0.905. The molecule has 1 saturated heterocycles. The number of phenolic OH excluding ortho intramolecular Hbond substituents is 1. The Morgan fingerprint density at radius 2 is 2.00 bits per heavy atom. The summed E-state index contributed by atoms with van der Waals surface area (Å²) in [4.78, 5) is 27.0. The zero-order valence-electron chi connectivity index (χ0n) is 11.3. The van der Waals surface area contributed by atoms with E-state index in [1.54, 1.807) is 4.90 Å². The molecule has 6 heteroatoms. The summed E-state index contributed by atoms with van der Waals surface area (Å²) in [5, 5.41) is 9.57. The number of aromatic hydroxyl groups is 1. The van der Waals surface area contributed by atoms with Gasteiger partial charge in [0.15, 0.2) is 0 Å². The van der Waals surface area contributed by atoms with Gasteiger partial charge in [0.05, 0.1) is 12.1 Å². The predicted molar refractivity (Wildman–Crippen MR) is 70.8 cm³/mol. The second kappa shape index (κ2) is 5.90. The number of carbonyl (C=O) groups is 2. The number of halogens is 1. The number of hydrogen-bond donors (Lipinski definition) is 1. The minimum Gasteiger partial charge on any atom is -0.507 e. The van der Waals surface area contributed by atoms with Crippen LogP contribution in [0.1, 0.15) is 23.2 Å². The summed E-state index contributed by atoms with van der Waals surface area (Å²) in [6.07, 6.45) is 1.98. The lowest BCUT2D eigenvalue weighted by atomic mass is 10.1. The van der Waals surface area contributed by atoms with E-state index in [4.69, 9.17) is 0 Å². The molecule has 1 fully saturated rings. The summed E-state index contributed by atoms with van der Waals surface area (Å²) in [5.41, 5.74) is -0.0110. The number of likely N-dealkylation sites (tertiary alicyclic amines) is 1. The van der Waals surface area contributed by atoms with Crippen LogP contribution < -0.4 is 0 Å². The number of benzene rings is 1. The zero-order valence-corrected chi connectivity index (χ0v) is 11.3. The van der Waals surface area contributed by atoms with Crippen molar-refractivity contribution >= 4 is 11.8 Å². The van der Waals surface area contributed by atoms with Crippen LogP contribution in [0.5, 0.6) is 5.75 Å². The first-order valence-corrected chi connectivity index (χ1v) is 6.51. The van der Waals surface area contributed by atoms with Gasteiger partial charge in [-0.25, -0.2) is 4.39 Å². The predicted octanol–water partition coefficient (Wildman–Crippen LogP) is 1.23. The van der Waals surface area contributed by atoms with Gasteiger partial charge in [0.1, 0.15) is 11.6 Å². The fraction of sp³-hybridized carbons (Fsp3) is 0.429. The molecule has 1 N–H and O–H groups in total. The fourth-order valence-electron chi connectivity index (χ4n) is 2.23. The lowest BCUT2D eigenvalue weighted by molar-refractivity contribution is -0.130. The van der Waals surface area contributed by atoms with Crippen molar-refractivity contribution in [1.29, 1.82) is 0 Å². The van der Waals surface area contributed by atoms with Crippen molar-refractivity contribution < 1.29 is 19.1 Å². The summed E-state index contributed by atoms with van der Waals surface area (Å²) in [6.45, 7) is 1.40. The van der Waals surface area contributed by atoms with Gasteiger partial charge in [0.25, 0.3) is 5.91 Å². The van der Waals surface area contributed by atoms with Crippen LogP contribution in [0.25, 0.3) is 0 Å². The number of amides is 2. The van der Waals surface area contributed by atoms with Crippen LogP contribution in [-0.2, 0) is 4.79 Å². The molecule has 0 spiro atoms. The van der Waals surface area contributed by atoms with Crippen molar-refractivity contribution in [1.82, 2.24) is 9.80 Å². The second-order valence-electron chi connectivity index (χ2n) is 4.91. The summed E-state index contributed by atoms with van der Waals surface area (Å²) < 4.78 is 12.9. The third kappa shape index (κ3) is 3.07. The Kier molecular flexibility index (Phi) is 4.22. The van der Waals surface area contributed by atoms with Crippen molar-refractivity contribution in [2.75, 3.05) is 26.7 Å². The molecular formula is C14H17FN2O3. The highest BCUT2D eigenvalue weighted by molar-refractivity contribution is 5.98. The molecule has 0 radical (unpaired) electrons. The van der Waals surface area contributed by atoms with Crippen molar-refractivity contribution in [2.24, 2.45) is 0 Å². The standard InChI is InChI=1S/C14H17FN2O3/c1-16(9-13(19)17-6-2-3-7-17)14(20)11-5-4-10(15)8-12(11)18/h4-5,8,18H,2-3,6-7,9H2,1H3. The highest BCUT2D eigenvalue weighted by Gasteiger charge is 2.23. The Morgan fingerprint density at radius 3 is 2.60 bits per heavy atom. The highest BCUT2D eigenvalue weighted by Crippen LogP contribution is 2.19. The molecule has 0 aromatic heterocycles. The van der Waals surface area contributed by atoms with Gasteiger partial charge in [-0.1, -0.05) is 0 Å². The largest absolute Gasteiger partial charge is 0.507 e. The molecule has 108 valence electrons. The smallest absolute Gasteiger partial charge is 0.257 e. The molecule has 20 heavy (non-hydrogen) atoms. The van der Waals surface area contributed by atoms with E-state index in [2.05, 4.69) is 0 Å². The monoisotopic (exact) mass is 280 g/mol. The first-order valence-electron chi connectivity index (χ1n) is 6.51. The molecule has 1 aromatic rings. The van der Waals surface area contributed by atoms with Crippen molar-refractivity contribution in [3.63, 3.8) is 0 Å². The van der Waals surface area contributed by atoms with E-state index < -0.39 is 17.5 Å². The maximum Gasteiger partial charge on any atom is 0.257 e. The molecule has 5 nitrogen and oxygen atoms in total. The topological polar surface area (TPSA) is 60.9 Å². The average molecular weight is 280 g/mol. The molecule has 2 rings (SSSR count). The summed E-state index contributed by atoms with van der Waals surface area (Å²) in [6, 6.07) is 3.19. The van der Waals surface area contributed by atoms with Crippen molar-refractivity contribution in [3.05, 3.63) is 29.6 Å². The van der Waals surface area contributed by atoms with Gasteiger partial charge in [-0.05, 0) is 25.0 Å².